The molecule has 1 aromatic carbocycles. The van der Waals surface area contributed by atoms with E-state index in [9.17, 15) is 8.78 Å². The molecule has 0 aliphatic rings. The topological polar surface area (TPSA) is 42.7 Å². The first-order valence-corrected chi connectivity index (χ1v) is 6.85. The van der Waals surface area contributed by atoms with Crippen LogP contribution in [0.2, 0.25) is 0 Å². The quantitative estimate of drug-likeness (QED) is 0.908. The summed E-state index contributed by atoms with van der Waals surface area (Å²) in [7, 11) is 0. The molecule has 108 valence electrons. The number of hydrogen-bond donors (Lipinski definition) is 1. The van der Waals surface area contributed by atoms with Crippen LogP contribution in [0.15, 0.2) is 28.7 Å². The smallest absolute Gasteiger partial charge is 0.299 e. The van der Waals surface area contributed by atoms with Crippen LogP contribution in [-0.2, 0) is 0 Å². The van der Waals surface area contributed by atoms with Gasteiger partial charge in [0.2, 0.25) is 11.8 Å². The van der Waals surface area contributed by atoms with E-state index >= 15 is 0 Å². The van der Waals surface area contributed by atoms with Crippen molar-refractivity contribution in [2.24, 2.45) is 0 Å². The Morgan fingerprint density at radius 1 is 1.20 bits per heavy atom. The van der Waals surface area contributed by atoms with Crippen molar-refractivity contribution < 1.29 is 8.78 Å². The van der Waals surface area contributed by atoms with E-state index in [0.717, 1.165) is 4.47 Å². The van der Waals surface area contributed by atoms with E-state index in [-0.39, 0.29) is 5.54 Å². The molecule has 2 aromatic rings. The molecule has 0 aliphatic carbocycles. The van der Waals surface area contributed by atoms with Gasteiger partial charge in [-0.25, -0.2) is 8.78 Å². The van der Waals surface area contributed by atoms with Crippen molar-refractivity contribution in [1.29, 1.82) is 0 Å². The molecule has 0 spiro atoms. The highest BCUT2D eigenvalue weighted by Gasteiger charge is 2.21. The third-order valence-electron chi connectivity index (χ3n) is 2.38. The van der Waals surface area contributed by atoms with Crippen molar-refractivity contribution in [1.82, 2.24) is 14.8 Å². The minimum Gasteiger partial charge on any atom is -0.350 e. The van der Waals surface area contributed by atoms with E-state index < -0.39 is 12.2 Å². The third-order valence-corrected chi connectivity index (χ3v) is 2.91. The zero-order chi connectivity index (χ0) is 14.9. The average molecular weight is 345 g/mol. The van der Waals surface area contributed by atoms with Gasteiger partial charge in [-0.05, 0) is 45.0 Å². The number of anilines is 1. The van der Waals surface area contributed by atoms with Gasteiger partial charge >= 0.3 is 0 Å². The van der Waals surface area contributed by atoms with Crippen LogP contribution in [0.5, 0.6) is 0 Å². The molecular weight excluding hydrogens is 330 g/mol. The molecule has 0 amide bonds. The maximum Gasteiger partial charge on any atom is 0.299 e. The average Bonchev–Trinajstić information content (AvgIpc) is 2.72. The fourth-order valence-corrected chi connectivity index (χ4v) is 1.86. The van der Waals surface area contributed by atoms with E-state index in [1.807, 2.05) is 32.9 Å². The lowest BCUT2D eigenvalue weighted by Crippen LogP contribution is -2.28. The van der Waals surface area contributed by atoms with E-state index in [2.05, 4.69) is 31.3 Å². The molecule has 1 heterocycles. The molecule has 7 heteroatoms. The molecule has 0 bridgehead atoms. The summed E-state index contributed by atoms with van der Waals surface area (Å²) in [5.74, 6) is -0.185. The summed E-state index contributed by atoms with van der Waals surface area (Å²) in [6, 6.07) is 7.20. The lowest BCUT2D eigenvalue weighted by atomic mass is 10.1. The van der Waals surface area contributed by atoms with Gasteiger partial charge in [0.1, 0.15) is 0 Å². The SMILES string of the molecule is CC(C)(C)Nc1nc(C(F)F)nn1-c1ccc(Br)cc1. The molecule has 0 unspecified atom stereocenters. The summed E-state index contributed by atoms with van der Waals surface area (Å²) in [6.45, 7) is 5.78. The van der Waals surface area contributed by atoms with Gasteiger partial charge in [-0.1, -0.05) is 15.9 Å². The van der Waals surface area contributed by atoms with Crippen LogP contribution in [0.3, 0.4) is 0 Å². The van der Waals surface area contributed by atoms with E-state index in [0.29, 0.717) is 11.6 Å². The largest absolute Gasteiger partial charge is 0.350 e. The molecule has 0 radical (unpaired) electrons. The van der Waals surface area contributed by atoms with Gasteiger partial charge in [-0.3, -0.25) is 0 Å². The van der Waals surface area contributed by atoms with Crippen molar-refractivity contribution in [3.8, 4) is 5.69 Å². The predicted molar refractivity (Wildman–Crippen MR) is 77.4 cm³/mol. The first-order chi connectivity index (χ1) is 9.26. The molecule has 0 saturated heterocycles. The standard InChI is InChI=1S/C13H15BrF2N4/c1-13(2,3)18-12-17-11(10(15)16)19-20(12)9-6-4-8(14)5-7-9/h4-7,10H,1-3H3,(H,17,18,19). The van der Waals surface area contributed by atoms with Crippen molar-refractivity contribution in [3.63, 3.8) is 0 Å². The van der Waals surface area contributed by atoms with Crippen LogP contribution in [0.1, 0.15) is 33.0 Å². The van der Waals surface area contributed by atoms with Gasteiger partial charge in [0.05, 0.1) is 5.69 Å². The van der Waals surface area contributed by atoms with Gasteiger partial charge < -0.3 is 5.32 Å². The number of aromatic nitrogens is 3. The normalized spacial score (nSPS) is 11.9. The second kappa shape index (κ2) is 5.47. The molecule has 4 nitrogen and oxygen atoms in total. The highest BCUT2D eigenvalue weighted by atomic mass is 79.9. The molecule has 0 aliphatic heterocycles. The summed E-state index contributed by atoms with van der Waals surface area (Å²) in [5.41, 5.74) is 0.360. The molecule has 0 saturated carbocycles. The Morgan fingerprint density at radius 3 is 2.30 bits per heavy atom. The minimum atomic E-state index is -2.70. The lowest BCUT2D eigenvalue weighted by molar-refractivity contribution is 0.140. The van der Waals surface area contributed by atoms with Crippen LogP contribution in [0.25, 0.3) is 5.69 Å². The highest BCUT2D eigenvalue weighted by molar-refractivity contribution is 9.10. The number of benzene rings is 1. The molecule has 20 heavy (non-hydrogen) atoms. The number of halogens is 3. The van der Waals surface area contributed by atoms with E-state index in [1.54, 1.807) is 12.1 Å². The van der Waals surface area contributed by atoms with E-state index in [1.165, 1.54) is 4.68 Å². The number of rotatable bonds is 3. The van der Waals surface area contributed by atoms with Crippen molar-refractivity contribution >= 4 is 21.9 Å². The fourth-order valence-electron chi connectivity index (χ4n) is 1.60. The van der Waals surface area contributed by atoms with Gasteiger partial charge in [0.15, 0.2) is 0 Å². The Balaban J connectivity index is 2.46. The Labute approximate surface area is 124 Å². The van der Waals surface area contributed by atoms with Crippen LogP contribution >= 0.6 is 15.9 Å². The number of hydrogen-bond acceptors (Lipinski definition) is 3. The maximum atomic E-state index is 12.8. The van der Waals surface area contributed by atoms with Crippen LogP contribution < -0.4 is 5.32 Å². The summed E-state index contributed by atoms with van der Waals surface area (Å²) < 4.78 is 27.9. The van der Waals surface area contributed by atoms with Crippen LogP contribution in [0.4, 0.5) is 14.7 Å². The van der Waals surface area contributed by atoms with Gasteiger partial charge in [-0.15, -0.1) is 5.10 Å². The van der Waals surface area contributed by atoms with Crippen molar-refractivity contribution in [2.75, 3.05) is 5.32 Å². The number of nitrogens with zero attached hydrogens (tertiary/aromatic N) is 3. The fraction of sp³-hybridized carbons (Fsp3) is 0.385. The van der Waals surface area contributed by atoms with Crippen LogP contribution in [0, 0.1) is 0 Å². The molecule has 1 aromatic heterocycles. The molecule has 0 atom stereocenters. The molecule has 2 rings (SSSR count). The predicted octanol–water partition coefficient (Wildman–Crippen LogP) is 4.18. The molecule has 1 N–H and O–H groups in total. The molecule has 0 fully saturated rings. The van der Waals surface area contributed by atoms with Crippen molar-refractivity contribution in [2.45, 2.75) is 32.7 Å². The van der Waals surface area contributed by atoms with Crippen molar-refractivity contribution in [3.05, 3.63) is 34.6 Å². The minimum absolute atomic E-state index is 0.301. The van der Waals surface area contributed by atoms with E-state index in [4.69, 9.17) is 0 Å². The maximum absolute atomic E-state index is 12.8. The van der Waals surface area contributed by atoms with Gasteiger partial charge in [0.25, 0.3) is 6.43 Å². The Hall–Kier alpha value is -1.50. The summed E-state index contributed by atoms with van der Waals surface area (Å²) in [6.07, 6.45) is -2.70. The third kappa shape index (κ3) is 3.53. The monoisotopic (exact) mass is 344 g/mol. The summed E-state index contributed by atoms with van der Waals surface area (Å²) >= 11 is 3.33. The lowest BCUT2D eigenvalue weighted by Gasteiger charge is -2.21. The Morgan fingerprint density at radius 2 is 1.80 bits per heavy atom. The number of nitrogens with one attached hydrogen (secondary N) is 1. The van der Waals surface area contributed by atoms with Gasteiger partial charge in [-0.2, -0.15) is 9.67 Å². The summed E-state index contributed by atoms with van der Waals surface area (Å²) in [5, 5.41) is 6.95. The number of alkyl halides is 2. The Bertz CT molecular complexity index is 587. The second-order valence-electron chi connectivity index (χ2n) is 5.36. The zero-order valence-corrected chi connectivity index (χ0v) is 12.9. The van der Waals surface area contributed by atoms with Gasteiger partial charge in [0, 0.05) is 10.0 Å². The second-order valence-corrected chi connectivity index (χ2v) is 6.27. The van der Waals surface area contributed by atoms with Crippen LogP contribution in [-0.4, -0.2) is 20.3 Å². The summed E-state index contributed by atoms with van der Waals surface area (Å²) in [4.78, 5) is 3.87. The molecular formula is C13H15BrF2N4. The Kier molecular flexibility index (Phi) is 4.08. The first kappa shape index (κ1) is 14.9. The first-order valence-electron chi connectivity index (χ1n) is 6.05. The highest BCUT2D eigenvalue weighted by Crippen LogP contribution is 2.23. The zero-order valence-electron chi connectivity index (χ0n) is 11.4.